The summed E-state index contributed by atoms with van der Waals surface area (Å²) in [6.07, 6.45) is 1.55. The quantitative estimate of drug-likeness (QED) is 0.201. The average Bonchev–Trinajstić information content (AvgIpc) is 2.92. The highest BCUT2D eigenvalue weighted by molar-refractivity contribution is 9.10. The Labute approximate surface area is 233 Å². The number of amides is 2. The van der Waals surface area contributed by atoms with Crippen molar-refractivity contribution in [1.82, 2.24) is 10.6 Å². The minimum Gasteiger partial charge on any atom is -0.480 e. The molecular weight excluding hydrogens is 564 g/mol. The molecule has 0 saturated heterocycles. The van der Waals surface area contributed by atoms with Crippen LogP contribution in [0, 0.1) is 0 Å². The number of carboxylic acid groups (broad SMARTS) is 1. The fraction of sp³-hybridized carbons (Fsp3) is 0.100. The first-order valence-electron chi connectivity index (χ1n) is 11.8. The van der Waals surface area contributed by atoms with Crippen molar-refractivity contribution in [3.8, 4) is 0 Å². The number of benzene rings is 4. The fourth-order valence-electron chi connectivity index (χ4n) is 3.70. The molecule has 0 radical (unpaired) electrons. The molecular formula is C30H25BrN2O4S. The van der Waals surface area contributed by atoms with E-state index in [0.717, 1.165) is 20.8 Å². The third-order valence-corrected chi connectivity index (χ3v) is 7.32. The zero-order chi connectivity index (χ0) is 26.9. The van der Waals surface area contributed by atoms with Gasteiger partial charge in [0.05, 0.1) is 0 Å². The Balaban J connectivity index is 1.55. The molecule has 8 heteroatoms. The predicted octanol–water partition coefficient (Wildman–Crippen LogP) is 5.88. The molecule has 3 N–H and O–H groups in total. The molecule has 0 fully saturated rings. The van der Waals surface area contributed by atoms with E-state index in [2.05, 4.69) is 26.6 Å². The Kier molecular flexibility index (Phi) is 9.35. The van der Waals surface area contributed by atoms with Crippen LogP contribution < -0.4 is 10.6 Å². The number of carbonyl (C=O) groups excluding carboxylic acids is 2. The van der Waals surface area contributed by atoms with Crippen LogP contribution in [0.5, 0.6) is 0 Å². The molecule has 0 spiro atoms. The number of hydrogen-bond donors (Lipinski definition) is 3. The highest BCUT2D eigenvalue weighted by Gasteiger charge is 2.23. The second kappa shape index (κ2) is 13.1. The molecule has 1 atom stereocenters. The first kappa shape index (κ1) is 27.2. The summed E-state index contributed by atoms with van der Waals surface area (Å²) in [4.78, 5) is 38.2. The third-order valence-electron chi connectivity index (χ3n) is 5.68. The summed E-state index contributed by atoms with van der Waals surface area (Å²) in [5.74, 6) is -1.54. The van der Waals surface area contributed by atoms with Crippen LogP contribution in [0.3, 0.4) is 0 Å². The van der Waals surface area contributed by atoms with Crippen LogP contribution in [0.25, 0.3) is 16.8 Å². The largest absolute Gasteiger partial charge is 0.480 e. The zero-order valence-electron chi connectivity index (χ0n) is 20.3. The van der Waals surface area contributed by atoms with Gasteiger partial charge >= 0.3 is 5.97 Å². The summed E-state index contributed by atoms with van der Waals surface area (Å²) in [6, 6.07) is 28.7. The molecule has 0 bridgehead atoms. The highest BCUT2D eigenvalue weighted by Crippen LogP contribution is 2.18. The van der Waals surface area contributed by atoms with Crippen molar-refractivity contribution in [2.24, 2.45) is 0 Å². The van der Waals surface area contributed by atoms with Crippen molar-refractivity contribution in [3.63, 3.8) is 0 Å². The van der Waals surface area contributed by atoms with E-state index in [1.165, 1.54) is 11.8 Å². The van der Waals surface area contributed by atoms with E-state index in [9.17, 15) is 19.5 Å². The Hall–Kier alpha value is -3.88. The van der Waals surface area contributed by atoms with Gasteiger partial charge in [0, 0.05) is 21.5 Å². The lowest BCUT2D eigenvalue weighted by Gasteiger charge is -2.17. The van der Waals surface area contributed by atoms with Crippen LogP contribution in [0.4, 0.5) is 0 Å². The monoisotopic (exact) mass is 588 g/mol. The molecule has 0 saturated carbocycles. The molecule has 4 aromatic carbocycles. The van der Waals surface area contributed by atoms with Crippen molar-refractivity contribution in [2.45, 2.75) is 11.8 Å². The number of nitrogens with one attached hydrogen (secondary N) is 2. The summed E-state index contributed by atoms with van der Waals surface area (Å²) in [5, 5.41) is 17.0. The average molecular weight is 590 g/mol. The topological polar surface area (TPSA) is 95.5 Å². The number of aliphatic carboxylic acids is 1. The standard InChI is InChI=1S/C30H25BrN2O4S/c31-25-14-12-23(13-15-25)28(34)32-26(17-21-10-11-22-8-4-5-9-24(22)16-21)29(35)33-27(30(36)37)19-38-18-20-6-2-1-3-7-20/h1-17,27H,18-19H2,(H,32,34)(H,33,35)(H,36,37)/t27-/m0/s1. The van der Waals surface area contributed by atoms with Gasteiger partial charge < -0.3 is 15.7 Å². The van der Waals surface area contributed by atoms with E-state index in [1.807, 2.05) is 72.8 Å². The van der Waals surface area contributed by atoms with Crippen molar-refractivity contribution in [3.05, 3.63) is 124 Å². The molecule has 4 aromatic rings. The maximum atomic E-state index is 13.3. The normalized spacial score (nSPS) is 12.1. The van der Waals surface area contributed by atoms with Gasteiger partial charge in [0.25, 0.3) is 11.8 Å². The number of rotatable bonds is 10. The van der Waals surface area contributed by atoms with Gasteiger partial charge in [-0.2, -0.15) is 11.8 Å². The van der Waals surface area contributed by atoms with Gasteiger partial charge in [-0.05, 0) is 58.3 Å². The van der Waals surface area contributed by atoms with Crippen molar-refractivity contribution in [2.75, 3.05) is 5.75 Å². The molecule has 6 nitrogen and oxygen atoms in total. The van der Waals surface area contributed by atoms with Crippen molar-refractivity contribution >= 4 is 62.3 Å². The summed E-state index contributed by atoms with van der Waals surface area (Å²) in [7, 11) is 0. The molecule has 2 amide bonds. The van der Waals surface area contributed by atoms with Crippen LogP contribution >= 0.6 is 27.7 Å². The van der Waals surface area contributed by atoms with E-state index in [-0.39, 0.29) is 11.4 Å². The highest BCUT2D eigenvalue weighted by atomic mass is 79.9. The summed E-state index contributed by atoms with van der Waals surface area (Å²) in [6.45, 7) is 0. The van der Waals surface area contributed by atoms with Gasteiger partial charge in [-0.15, -0.1) is 0 Å². The first-order chi connectivity index (χ1) is 18.4. The maximum Gasteiger partial charge on any atom is 0.327 e. The summed E-state index contributed by atoms with van der Waals surface area (Å²) >= 11 is 4.75. The Morgan fingerprint density at radius 3 is 2.26 bits per heavy atom. The Morgan fingerprint density at radius 1 is 0.868 bits per heavy atom. The lowest BCUT2D eigenvalue weighted by Crippen LogP contribution is -2.45. The molecule has 0 aliphatic heterocycles. The van der Waals surface area contributed by atoms with E-state index in [4.69, 9.17) is 0 Å². The molecule has 0 unspecified atom stereocenters. The van der Waals surface area contributed by atoms with Crippen LogP contribution in [-0.4, -0.2) is 34.7 Å². The minimum absolute atomic E-state index is 0.0486. The van der Waals surface area contributed by atoms with Gasteiger partial charge in [0.2, 0.25) is 0 Å². The SMILES string of the molecule is O=C(N[C@@H](CSCc1ccccc1)C(=O)O)C(=Cc1ccc2ccccc2c1)NC(=O)c1ccc(Br)cc1. The number of halogens is 1. The van der Waals surface area contributed by atoms with Crippen molar-refractivity contribution in [1.29, 1.82) is 0 Å². The summed E-state index contributed by atoms with van der Waals surface area (Å²) < 4.78 is 0.816. The second-order valence-electron chi connectivity index (χ2n) is 8.49. The zero-order valence-corrected chi connectivity index (χ0v) is 22.7. The molecule has 192 valence electrons. The predicted molar refractivity (Wildman–Crippen MR) is 156 cm³/mol. The van der Waals surface area contributed by atoms with Gasteiger partial charge in [0.15, 0.2) is 0 Å². The minimum atomic E-state index is -1.15. The molecule has 0 aromatic heterocycles. The number of carboxylic acids is 1. The smallest absolute Gasteiger partial charge is 0.327 e. The van der Waals surface area contributed by atoms with Gasteiger partial charge in [-0.25, -0.2) is 4.79 Å². The molecule has 38 heavy (non-hydrogen) atoms. The van der Waals surface area contributed by atoms with Crippen LogP contribution in [0.1, 0.15) is 21.5 Å². The van der Waals surface area contributed by atoms with Crippen LogP contribution in [0.15, 0.2) is 107 Å². The lowest BCUT2D eigenvalue weighted by atomic mass is 10.1. The van der Waals surface area contributed by atoms with E-state index in [0.29, 0.717) is 16.9 Å². The third kappa shape index (κ3) is 7.57. The first-order valence-corrected chi connectivity index (χ1v) is 13.8. The lowest BCUT2D eigenvalue weighted by molar-refractivity contribution is -0.140. The van der Waals surface area contributed by atoms with Crippen LogP contribution in [0.2, 0.25) is 0 Å². The molecule has 0 aliphatic rings. The summed E-state index contributed by atoms with van der Waals surface area (Å²) in [5.41, 5.74) is 2.06. The van der Waals surface area contributed by atoms with E-state index in [1.54, 1.807) is 30.3 Å². The number of fused-ring (bicyclic) bond motifs is 1. The Morgan fingerprint density at radius 2 is 1.55 bits per heavy atom. The van der Waals surface area contributed by atoms with E-state index < -0.39 is 23.8 Å². The fourth-order valence-corrected chi connectivity index (χ4v) is 4.97. The maximum absolute atomic E-state index is 13.3. The van der Waals surface area contributed by atoms with Crippen LogP contribution in [-0.2, 0) is 15.3 Å². The van der Waals surface area contributed by atoms with Crippen molar-refractivity contribution < 1.29 is 19.5 Å². The number of thioether (sulfide) groups is 1. The van der Waals surface area contributed by atoms with Gasteiger partial charge in [-0.3, -0.25) is 9.59 Å². The molecule has 0 aliphatic carbocycles. The molecule has 4 rings (SSSR count). The van der Waals surface area contributed by atoms with Gasteiger partial charge in [0.1, 0.15) is 11.7 Å². The number of hydrogen-bond acceptors (Lipinski definition) is 4. The van der Waals surface area contributed by atoms with E-state index >= 15 is 0 Å². The second-order valence-corrected chi connectivity index (χ2v) is 10.4. The van der Waals surface area contributed by atoms with Gasteiger partial charge in [-0.1, -0.05) is 82.7 Å². The molecule has 0 heterocycles. The number of carbonyl (C=O) groups is 3. The Bertz CT molecular complexity index is 1470.